The molecule has 0 atom stereocenters. The molecule has 8 heteroatoms. The molecule has 0 bridgehead atoms. The molecule has 0 aromatic heterocycles. The van der Waals surface area contributed by atoms with E-state index in [2.05, 4.69) is 14.9 Å². The molecule has 2 N–H and O–H groups in total. The van der Waals surface area contributed by atoms with Gasteiger partial charge in [-0.05, 0) is 0 Å². The molecule has 0 aliphatic carbocycles. The van der Waals surface area contributed by atoms with E-state index in [0.717, 1.165) is 32.7 Å². The van der Waals surface area contributed by atoms with Gasteiger partial charge in [-0.2, -0.15) is 12.7 Å². The van der Waals surface area contributed by atoms with Crippen LogP contribution in [0.1, 0.15) is 0 Å². The summed E-state index contributed by atoms with van der Waals surface area (Å²) in [6, 6.07) is 0. The molecule has 2 heterocycles. The van der Waals surface area contributed by atoms with Crippen molar-refractivity contribution in [2.45, 2.75) is 0 Å². The molecule has 0 spiro atoms. The lowest BCUT2D eigenvalue weighted by Gasteiger charge is -2.29. The number of nitrogens with zero attached hydrogens (tertiary/aromatic N) is 2. The van der Waals surface area contributed by atoms with Crippen LogP contribution in [0.3, 0.4) is 0 Å². The van der Waals surface area contributed by atoms with E-state index in [1.807, 2.05) is 0 Å². The van der Waals surface area contributed by atoms with Crippen LogP contribution in [0, 0.1) is 0 Å². The first-order valence-corrected chi connectivity index (χ1v) is 7.88. The van der Waals surface area contributed by atoms with E-state index in [0.29, 0.717) is 32.8 Å². The highest BCUT2D eigenvalue weighted by molar-refractivity contribution is 7.87. The van der Waals surface area contributed by atoms with Crippen molar-refractivity contribution in [3.05, 3.63) is 0 Å². The van der Waals surface area contributed by atoms with Crippen molar-refractivity contribution >= 4 is 10.2 Å². The monoisotopic (exact) mass is 278 g/mol. The van der Waals surface area contributed by atoms with E-state index in [-0.39, 0.29) is 0 Å². The van der Waals surface area contributed by atoms with Crippen molar-refractivity contribution in [2.75, 3.05) is 65.6 Å². The molecule has 106 valence electrons. The van der Waals surface area contributed by atoms with Gasteiger partial charge < -0.3 is 10.1 Å². The third-order valence-corrected chi connectivity index (χ3v) is 4.85. The first kappa shape index (κ1) is 14.2. The SMILES string of the molecule is O=S(=O)(NCCN1CCNCC1)N1CCOCC1. The van der Waals surface area contributed by atoms with Gasteiger partial charge in [0.25, 0.3) is 10.2 Å². The summed E-state index contributed by atoms with van der Waals surface area (Å²) in [4.78, 5) is 2.26. The van der Waals surface area contributed by atoms with Crippen molar-refractivity contribution in [1.82, 2.24) is 19.2 Å². The minimum atomic E-state index is -3.32. The third kappa shape index (κ3) is 4.15. The Bertz CT molecular complexity index is 337. The fourth-order valence-electron chi connectivity index (χ4n) is 2.15. The molecule has 0 unspecified atom stereocenters. The number of morpholine rings is 1. The van der Waals surface area contributed by atoms with Crippen LogP contribution in [0.15, 0.2) is 0 Å². The predicted octanol–water partition coefficient (Wildman–Crippen LogP) is -1.94. The lowest BCUT2D eigenvalue weighted by molar-refractivity contribution is 0.0724. The van der Waals surface area contributed by atoms with E-state index in [1.165, 1.54) is 4.31 Å². The number of nitrogens with one attached hydrogen (secondary N) is 2. The molecule has 2 aliphatic rings. The van der Waals surface area contributed by atoms with Crippen LogP contribution in [0.2, 0.25) is 0 Å². The lowest BCUT2D eigenvalue weighted by Crippen LogP contribution is -2.50. The smallest absolute Gasteiger partial charge is 0.279 e. The molecule has 0 radical (unpaired) electrons. The largest absolute Gasteiger partial charge is 0.379 e. The van der Waals surface area contributed by atoms with E-state index < -0.39 is 10.2 Å². The zero-order valence-corrected chi connectivity index (χ0v) is 11.4. The normalized spacial score (nSPS) is 24.2. The summed E-state index contributed by atoms with van der Waals surface area (Å²) in [7, 11) is -3.32. The van der Waals surface area contributed by atoms with Gasteiger partial charge in [0.05, 0.1) is 13.2 Å². The highest BCUT2D eigenvalue weighted by Crippen LogP contribution is 2.02. The fourth-order valence-corrected chi connectivity index (χ4v) is 3.31. The maximum absolute atomic E-state index is 12.0. The van der Waals surface area contributed by atoms with Gasteiger partial charge in [0.2, 0.25) is 0 Å². The molecular formula is C10H22N4O3S. The summed E-state index contributed by atoms with van der Waals surface area (Å²) in [6.45, 7) is 7.04. The molecule has 2 rings (SSSR count). The van der Waals surface area contributed by atoms with Crippen LogP contribution in [-0.4, -0.2) is 83.2 Å². The second kappa shape index (κ2) is 6.78. The van der Waals surface area contributed by atoms with E-state index in [4.69, 9.17) is 4.74 Å². The molecule has 0 aromatic rings. The topological polar surface area (TPSA) is 73.9 Å². The average Bonchev–Trinajstić information content (AvgIpc) is 2.41. The highest BCUT2D eigenvalue weighted by Gasteiger charge is 2.23. The number of hydrogen-bond donors (Lipinski definition) is 2. The highest BCUT2D eigenvalue weighted by atomic mass is 32.2. The van der Waals surface area contributed by atoms with Crippen molar-refractivity contribution in [3.8, 4) is 0 Å². The van der Waals surface area contributed by atoms with Crippen LogP contribution in [-0.2, 0) is 14.9 Å². The summed E-state index contributed by atoms with van der Waals surface area (Å²) >= 11 is 0. The summed E-state index contributed by atoms with van der Waals surface area (Å²) in [6.07, 6.45) is 0. The Morgan fingerprint density at radius 1 is 1.11 bits per heavy atom. The van der Waals surface area contributed by atoms with Crippen molar-refractivity contribution in [3.63, 3.8) is 0 Å². The van der Waals surface area contributed by atoms with Gasteiger partial charge in [-0.25, -0.2) is 4.72 Å². The van der Waals surface area contributed by atoms with Gasteiger partial charge in [0.1, 0.15) is 0 Å². The van der Waals surface area contributed by atoms with Crippen molar-refractivity contribution in [1.29, 1.82) is 0 Å². The van der Waals surface area contributed by atoms with Crippen LogP contribution < -0.4 is 10.0 Å². The predicted molar refractivity (Wildman–Crippen MR) is 68.6 cm³/mol. The Balaban J connectivity index is 1.70. The fraction of sp³-hybridized carbons (Fsp3) is 1.00. The average molecular weight is 278 g/mol. The van der Waals surface area contributed by atoms with Crippen LogP contribution in [0.4, 0.5) is 0 Å². The minimum Gasteiger partial charge on any atom is -0.379 e. The number of hydrogen-bond acceptors (Lipinski definition) is 5. The Morgan fingerprint density at radius 2 is 1.78 bits per heavy atom. The molecule has 7 nitrogen and oxygen atoms in total. The summed E-state index contributed by atoms with van der Waals surface area (Å²) in [5, 5.41) is 3.27. The zero-order chi connectivity index (χ0) is 12.8. The van der Waals surface area contributed by atoms with Gasteiger partial charge in [0.15, 0.2) is 0 Å². The maximum atomic E-state index is 12.0. The van der Waals surface area contributed by atoms with Gasteiger partial charge >= 0.3 is 0 Å². The van der Waals surface area contributed by atoms with E-state index >= 15 is 0 Å². The summed E-state index contributed by atoms with van der Waals surface area (Å²) < 4.78 is 33.2. The van der Waals surface area contributed by atoms with Crippen LogP contribution >= 0.6 is 0 Å². The zero-order valence-electron chi connectivity index (χ0n) is 10.6. The Hall–Kier alpha value is -0.250. The second-order valence-corrected chi connectivity index (χ2v) is 6.26. The second-order valence-electron chi connectivity index (χ2n) is 4.50. The van der Waals surface area contributed by atoms with Crippen molar-refractivity contribution in [2.24, 2.45) is 0 Å². The Morgan fingerprint density at radius 3 is 2.44 bits per heavy atom. The van der Waals surface area contributed by atoms with Gasteiger partial charge in [-0.3, -0.25) is 4.90 Å². The number of piperazine rings is 1. The quantitative estimate of drug-likeness (QED) is 0.612. The molecular weight excluding hydrogens is 256 g/mol. The minimum absolute atomic E-state index is 0.447. The van der Waals surface area contributed by atoms with Gasteiger partial charge in [-0.1, -0.05) is 0 Å². The molecule has 2 aliphatic heterocycles. The van der Waals surface area contributed by atoms with Crippen molar-refractivity contribution < 1.29 is 13.2 Å². The summed E-state index contributed by atoms with van der Waals surface area (Å²) in [5.74, 6) is 0. The van der Waals surface area contributed by atoms with Gasteiger partial charge in [-0.15, -0.1) is 0 Å². The third-order valence-electron chi connectivity index (χ3n) is 3.23. The lowest BCUT2D eigenvalue weighted by atomic mass is 10.3. The van der Waals surface area contributed by atoms with E-state index in [1.54, 1.807) is 0 Å². The van der Waals surface area contributed by atoms with E-state index in [9.17, 15) is 8.42 Å². The van der Waals surface area contributed by atoms with Crippen LogP contribution in [0.25, 0.3) is 0 Å². The Kier molecular flexibility index (Phi) is 5.34. The molecule has 2 saturated heterocycles. The molecule has 0 saturated carbocycles. The summed E-state index contributed by atoms with van der Waals surface area (Å²) in [5.41, 5.74) is 0. The number of rotatable bonds is 5. The molecule has 18 heavy (non-hydrogen) atoms. The first-order chi connectivity index (χ1) is 8.68. The molecule has 2 fully saturated rings. The Labute approximate surface area is 109 Å². The molecule has 0 aromatic carbocycles. The standard InChI is InChI=1S/C10H22N4O3S/c15-18(16,14-7-9-17-10-8-14)12-3-6-13-4-1-11-2-5-13/h11-12H,1-10H2. The van der Waals surface area contributed by atoms with Gasteiger partial charge in [0, 0.05) is 52.4 Å². The van der Waals surface area contributed by atoms with Crippen LogP contribution in [0.5, 0.6) is 0 Å². The first-order valence-electron chi connectivity index (χ1n) is 6.44. The number of ether oxygens (including phenoxy) is 1. The maximum Gasteiger partial charge on any atom is 0.279 e. The molecule has 0 amide bonds.